The predicted molar refractivity (Wildman–Crippen MR) is 436 cm³/mol. The average molecular weight is 1520 g/mol. The second kappa shape index (κ2) is 77.3. The van der Waals surface area contributed by atoms with Crippen molar-refractivity contribution in [1.82, 2.24) is 0 Å². The molecule has 0 aromatic rings. The van der Waals surface area contributed by atoms with Gasteiger partial charge in [-0.1, -0.05) is 293 Å². The van der Waals surface area contributed by atoms with E-state index in [2.05, 4.69) is 192 Å². The van der Waals surface area contributed by atoms with Crippen molar-refractivity contribution in [3.63, 3.8) is 0 Å². The number of carbonyl (C=O) groups is 4. The second-order valence-electron chi connectivity index (χ2n) is 25.9. The summed E-state index contributed by atoms with van der Waals surface area (Å²) in [4.78, 5) is 73.0. The summed E-state index contributed by atoms with van der Waals surface area (Å²) in [5.41, 5.74) is 0. The van der Waals surface area contributed by atoms with Gasteiger partial charge >= 0.3 is 39.5 Å². The number of ether oxygens (including phenoxy) is 4. The number of aliphatic hydroxyl groups excluding tert-OH is 1. The fourth-order valence-electron chi connectivity index (χ4n) is 9.91. The van der Waals surface area contributed by atoms with Crippen molar-refractivity contribution in [3.05, 3.63) is 182 Å². The lowest BCUT2D eigenvalue weighted by molar-refractivity contribution is -0.161. The van der Waals surface area contributed by atoms with Crippen LogP contribution in [0.1, 0.15) is 285 Å². The Balaban J connectivity index is 5.47. The first kappa shape index (κ1) is 100. The lowest BCUT2D eigenvalue weighted by Gasteiger charge is -2.21. The summed E-state index contributed by atoms with van der Waals surface area (Å²) in [5, 5.41) is 10.6. The molecule has 0 saturated carbocycles. The second-order valence-corrected chi connectivity index (χ2v) is 28.8. The molecule has 0 amide bonds. The Hall–Kier alpha value is -5.84. The molecule has 0 rings (SSSR count). The summed E-state index contributed by atoms with van der Waals surface area (Å²) < 4.78 is 68.5. The van der Waals surface area contributed by atoms with Gasteiger partial charge in [0, 0.05) is 25.7 Å². The maximum atomic E-state index is 13.1. The highest BCUT2D eigenvalue weighted by atomic mass is 31.2. The third-order valence-corrected chi connectivity index (χ3v) is 17.8. The molecule has 19 heteroatoms. The van der Waals surface area contributed by atoms with Gasteiger partial charge in [0.05, 0.1) is 26.4 Å². The van der Waals surface area contributed by atoms with Crippen molar-refractivity contribution in [2.45, 2.75) is 303 Å². The summed E-state index contributed by atoms with van der Waals surface area (Å²) in [7, 11) is -10.0. The molecule has 0 aromatic heterocycles. The maximum Gasteiger partial charge on any atom is 0.472 e. The Labute approximate surface area is 641 Å². The van der Waals surface area contributed by atoms with Crippen molar-refractivity contribution in [1.29, 1.82) is 0 Å². The molecule has 0 bridgehead atoms. The molecule has 0 saturated heterocycles. The Morgan fingerprint density at radius 1 is 0.274 bits per heavy atom. The van der Waals surface area contributed by atoms with E-state index in [1.54, 1.807) is 0 Å². The van der Waals surface area contributed by atoms with Crippen molar-refractivity contribution < 1.29 is 80.2 Å². The molecule has 5 atom stereocenters. The SMILES string of the molecule is CC/C=C\C/C=C\C/C=C\C/C=C\C/C=C\C/C=C\CCC(=O)OCC(COP(=O)(O)OCC(O)COP(=O)(O)OCC(COC(=O)CCCCC/C=C\C/C=C\C/C=C\C/C=C\C/C=C\CC)OC(=O)CCCCCCCCCCCCC)OC(=O)CCCCCC/C=C\C/C=C\C/C=C\C/C=C\CC. The zero-order valence-electron chi connectivity index (χ0n) is 65.5. The zero-order valence-corrected chi connectivity index (χ0v) is 67.3. The normalized spacial score (nSPS) is 14.8. The van der Waals surface area contributed by atoms with Crippen LogP contribution in [0.5, 0.6) is 0 Å². The van der Waals surface area contributed by atoms with Crippen molar-refractivity contribution >= 4 is 39.5 Å². The number of hydrogen-bond acceptors (Lipinski definition) is 15. The summed E-state index contributed by atoms with van der Waals surface area (Å²) in [6.45, 7) is 4.36. The fraction of sp³-hybridized carbons (Fsp3) is 0.609. The van der Waals surface area contributed by atoms with E-state index in [0.717, 1.165) is 161 Å². The molecule has 0 heterocycles. The number of rotatable bonds is 73. The molecule has 0 aliphatic heterocycles. The topological polar surface area (TPSA) is 237 Å². The van der Waals surface area contributed by atoms with Crippen molar-refractivity contribution in [3.8, 4) is 0 Å². The summed E-state index contributed by atoms with van der Waals surface area (Å²) >= 11 is 0. The maximum absolute atomic E-state index is 13.1. The lowest BCUT2D eigenvalue weighted by atomic mass is 10.1. The Bertz CT molecular complexity index is 2730. The highest BCUT2D eigenvalue weighted by Crippen LogP contribution is 2.45. The van der Waals surface area contributed by atoms with Crippen LogP contribution in [-0.4, -0.2) is 96.7 Å². The number of allylic oxidation sites excluding steroid dienone is 30. The standard InChI is InChI=1S/C87H140O17P2/c1-5-9-13-17-21-25-29-32-35-38-40-43-45-48-52-55-59-63-67-71-84(89)97-77-82(103-86(91)73-69-65-61-57-51-28-24-20-16-12-8-4)79-101-105(93,94)99-75-81(88)76-100-106(95,96)102-80-83(104-87(92)74-70-66-62-58-54-50-47-42-37-34-31-27-23-19-15-11-7-3)78-98-85(90)72-68-64-60-56-53-49-46-44-41-39-36-33-30-26-22-18-14-10-6-2/h9-11,13-15,21-23,25-27,32-37,40-41,43-44,47-50,52-53,60,64,81-83,88H,5-8,12,16-20,24,28-31,38-39,42,45-46,51,54-59,61-63,65-80H2,1-4H3,(H,93,94)(H,95,96)/b13-9-,14-10-,15-11-,25-21-,26-22-,27-23-,35-32-,36-33-,37-34-,43-40-,44-41-,50-47-,52-48-,53-49-,64-60-. The first-order valence-corrected chi connectivity index (χ1v) is 43.0. The van der Waals surface area contributed by atoms with E-state index >= 15 is 0 Å². The molecule has 5 unspecified atom stereocenters. The molecule has 106 heavy (non-hydrogen) atoms. The molecule has 3 N–H and O–H groups in total. The summed E-state index contributed by atoms with van der Waals surface area (Å²) in [5.74, 6) is -2.35. The van der Waals surface area contributed by atoms with E-state index in [1.165, 1.54) is 38.5 Å². The number of hydrogen-bond donors (Lipinski definition) is 3. The highest BCUT2D eigenvalue weighted by Gasteiger charge is 2.30. The van der Waals surface area contributed by atoms with Crippen LogP contribution in [0, 0.1) is 0 Å². The molecule has 0 aromatic carbocycles. The largest absolute Gasteiger partial charge is 0.472 e. The molecule has 0 fully saturated rings. The van der Waals surface area contributed by atoms with Gasteiger partial charge in [0.25, 0.3) is 0 Å². The first-order chi connectivity index (χ1) is 51.7. The minimum atomic E-state index is -5.01. The molecule has 600 valence electrons. The van der Waals surface area contributed by atoms with Gasteiger partial charge in [0.2, 0.25) is 0 Å². The van der Waals surface area contributed by atoms with Crippen LogP contribution < -0.4 is 0 Å². The smallest absolute Gasteiger partial charge is 0.462 e. The van der Waals surface area contributed by atoms with Gasteiger partial charge in [0.1, 0.15) is 19.3 Å². The number of phosphoric ester groups is 2. The molecule has 0 spiro atoms. The van der Waals surface area contributed by atoms with E-state index in [1.807, 2.05) is 18.2 Å². The van der Waals surface area contributed by atoms with Crippen LogP contribution in [0.3, 0.4) is 0 Å². The number of phosphoric acid groups is 2. The van der Waals surface area contributed by atoms with Crippen LogP contribution in [0.2, 0.25) is 0 Å². The molecule has 0 radical (unpaired) electrons. The quantitative estimate of drug-likeness (QED) is 0.0169. The van der Waals surface area contributed by atoms with E-state index < -0.39 is 97.5 Å². The van der Waals surface area contributed by atoms with E-state index in [9.17, 15) is 43.2 Å². The Morgan fingerprint density at radius 3 is 0.821 bits per heavy atom. The number of esters is 4. The van der Waals surface area contributed by atoms with Gasteiger partial charge in [-0.25, -0.2) is 9.13 Å². The monoisotopic (exact) mass is 1520 g/mol. The van der Waals surface area contributed by atoms with E-state index in [0.29, 0.717) is 32.1 Å². The van der Waals surface area contributed by atoms with Crippen LogP contribution in [0.15, 0.2) is 182 Å². The minimum absolute atomic E-state index is 0.0234. The van der Waals surface area contributed by atoms with Gasteiger partial charge in [-0.3, -0.25) is 37.3 Å². The van der Waals surface area contributed by atoms with Gasteiger partial charge in [0.15, 0.2) is 12.2 Å². The van der Waals surface area contributed by atoms with Gasteiger partial charge in [-0.15, -0.1) is 0 Å². The molecular weight excluding hydrogens is 1380 g/mol. The summed E-state index contributed by atoms with van der Waals surface area (Å²) in [6, 6.07) is 0. The van der Waals surface area contributed by atoms with Gasteiger partial charge in [-0.05, 0) is 148 Å². The molecule has 17 nitrogen and oxygen atoms in total. The van der Waals surface area contributed by atoms with E-state index in [4.69, 9.17) is 37.0 Å². The Morgan fingerprint density at radius 2 is 0.509 bits per heavy atom. The summed E-state index contributed by atoms with van der Waals surface area (Å²) in [6.07, 6.45) is 93.2. The lowest BCUT2D eigenvalue weighted by Crippen LogP contribution is -2.30. The third-order valence-electron chi connectivity index (χ3n) is 15.9. The number of carbonyl (C=O) groups excluding carboxylic acids is 4. The van der Waals surface area contributed by atoms with E-state index in [-0.39, 0.29) is 25.7 Å². The van der Waals surface area contributed by atoms with Crippen LogP contribution >= 0.6 is 15.6 Å². The van der Waals surface area contributed by atoms with Crippen molar-refractivity contribution in [2.75, 3.05) is 39.6 Å². The van der Waals surface area contributed by atoms with Crippen LogP contribution in [-0.2, 0) is 65.4 Å². The fourth-order valence-corrected chi connectivity index (χ4v) is 11.5. The van der Waals surface area contributed by atoms with Crippen LogP contribution in [0.4, 0.5) is 0 Å². The minimum Gasteiger partial charge on any atom is -0.462 e. The first-order valence-electron chi connectivity index (χ1n) is 40.0. The molecular formula is C87H140O17P2. The third kappa shape index (κ3) is 76.4. The number of unbranched alkanes of at least 4 members (excludes halogenated alkanes) is 17. The predicted octanol–water partition coefficient (Wildman–Crippen LogP) is 23.6. The average Bonchev–Trinajstić information content (AvgIpc) is 0.919. The number of aliphatic hydroxyl groups is 1. The zero-order chi connectivity index (χ0) is 77.4. The van der Waals surface area contributed by atoms with Crippen molar-refractivity contribution in [2.24, 2.45) is 0 Å². The molecule has 0 aliphatic rings. The highest BCUT2D eigenvalue weighted by molar-refractivity contribution is 7.47. The van der Waals surface area contributed by atoms with Gasteiger partial charge in [-0.2, -0.15) is 0 Å². The van der Waals surface area contributed by atoms with Gasteiger partial charge < -0.3 is 33.8 Å². The van der Waals surface area contributed by atoms with Crippen LogP contribution in [0.25, 0.3) is 0 Å². The Kier molecular flexibility index (Phi) is 73.1. The molecule has 0 aliphatic carbocycles.